The molecule has 0 N–H and O–H groups in total. The van der Waals surface area contributed by atoms with Crippen molar-refractivity contribution in [1.82, 2.24) is 0 Å². The molecule has 0 aliphatic heterocycles. The topological polar surface area (TPSA) is 9.23 Å². The number of halogens is 3. The van der Waals surface area contributed by atoms with E-state index in [-0.39, 0.29) is 5.75 Å². The van der Waals surface area contributed by atoms with Crippen LogP contribution in [0.4, 0.5) is 13.2 Å². The van der Waals surface area contributed by atoms with Crippen molar-refractivity contribution in [2.75, 3.05) is 0 Å². The highest BCUT2D eigenvalue weighted by Crippen LogP contribution is 2.25. The van der Waals surface area contributed by atoms with Crippen molar-refractivity contribution in [3.05, 3.63) is 29.8 Å². The van der Waals surface area contributed by atoms with Crippen molar-refractivity contribution < 1.29 is 17.9 Å². The Morgan fingerprint density at radius 1 is 1.18 bits per heavy atom. The van der Waals surface area contributed by atoms with E-state index in [9.17, 15) is 13.2 Å². The summed E-state index contributed by atoms with van der Waals surface area (Å²) in [6.07, 6.45) is -1.77. The average molecular weight is 246 g/mol. The highest BCUT2D eigenvalue weighted by Gasteiger charge is 2.31. The van der Waals surface area contributed by atoms with E-state index in [1.165, 1.54) is 12.1 Å². The molecule has 0 saturated heterocycles. The summed E-state index contributed by atoms with van der Waals surface area (Å²) in [4.78, 5) is 0. The summed E-state index contributed by atoms with van der Waals surface area (Å²) in [5.41, 5.74) is 0.889. The highest BCUT2D eigenvalue weighted by atomic mass is 19.4. The minimum Gasteiger partial charge on any atom is -0.406 e. The average Bonchev–Trinajstić information content (AvgIpc) is 2.24. The van der Waals surface area contributed by atoms with E-state index in [2.05, 4.69) is 18.6 Å². The second-order valence-electron chi connectivity index (χ2n) is 4.08. The van der Waals surface area contributed by atoms with Gasteiger partial charge in [0.15, 0.2) is 0 Å². The number of benzene rings is 1. The van der Waals surface area contributed by atoms with Crippen LogP contribution in [0.25, 0.3) is 0 Å². The van der Waals surface area contributed by atoms with Gasteiger partial charge in [-0.25, -0.2) is 0 Å². The Hall–Kier alpha value is -1.19. The fourth-order valence-electron chi connectivity index (χ4n) is 1.78. The molecule has 17 heavy (non-hydrogen) atoms. The number of ether oxygens (including phenoxy) is 1. The van der Waals surface area contributed by atoms with Crippen LogP contribution in [0.1, 0.15) is 32.3 Å². The molecule has 0 unspecified atom stereocenters. The first-order valence-electron chi connectivity index (χ1n) is 5.79. The molecule has 0 aliphatic carbocycles. The lowest BCUT2D eigenvalue weighted by Gasteiger charge is -2.14. The third-order valence-corrected chi connectivity index (χ3v) is 2.81. The molecule has 1 nitrogen and oxygen atoms in total. The molecule has 0 aromatic heterocycles. The molecule has 4 heteroatoms. The molecule has 0 atom stereocenters. The number of hydrogen-bond acceptors (Lipinski definition) is 1. The molecule has 0 heterocycles. The van der Waals surface area contributed by atoms with Gasteiger partial charge in [-0.15, -0.1) is 13.2 Å². The van der Waals surface area contributed by atoms with Crippen LogP contribution in [-0.4, -0.2) is 6.36 Å². The predicted molar refractivity (Wildman–Crippen MR) is 60.9 cm³/mol. The maximum atomic E-state index is 12.0. The second kappa shape index (κ2) is 5.94. The lowest BCUT2D eigenvalue weighted by molar-refractivity contribution is -0.274. The molecule has 0 bridgehead atoms. The summed E-state index contributed by atoms with van der Waals surface area (Å²) in [5.74, 6) is 0.372. The van der Waals surface area contributed by atoms with E-state index in [4.69, 9.17) is 0 Å². The van der Waals surface area contributed by atoms with Crippen molar-refractivity contribution in [2.45, 2.75) is 39.5 Å². The Morgan fingerprint density at radius 2 is 1.82 bits per heavy atom. The van der Waals surface area contributed by atoms with E-state index < -0.39 is 6.36 Å². The molecule has 1 aromatic rings. The minimum absolute atomic E-state index is 0.138. The highest BCUT2D eigenvalue weighted by molar-refractivity contribution is 5.28. The minimum atomic E-state index is -4.62. The standard InChI is InChI=1S/C13H17F3O/c1-3-10(4-2)8-11-6-5-7-12(9-11)17-13(14,15)16/h5-7,9-10H,3-4,8H2,1-2H3. The van der Waals surface area contributed by atoms with Gasteiger partial charge in [0.05, 0.1) is 0 Å². The number of hydrogen-bond donors (Lipinski definition) is 0. The Balaban J connectivity index is 2.72. The summed E-state index contributed by atoms with van der Waals surface area (Å²) in [6, 6.07) is 6.22. The maximum absolute atomic E-state index is 12.0. The Morgan fingerprint density at radius 3 is 2.35 bits per heavy atom. The van der Waals surface area contributed by atoms with Gasteiger partial charge in [0.2, 0.25) is 0 Å². The Bertz CT molecular complexity index is 343. The van der Waals surface area contributed by atoms with Gasteiger partial charge in [-0.05, 0) is 30.0 Å². The number of rotatable bonds is 5. The fourth-order valence-corrected chi connectivity index (χ4v) is 1.78. The molecular weight excluding hydrogens is 229 g/mol. The third kappa shape index (κ3) is 5.11. The quantitative estimate of drug-likeness (QED) is 0.739. The molecule has 1 rings (SSSR count). The van der Waals surface area contributed by atoms with Crippen molar-refractivity contribution in [1.29, 1.82) is 0 Å². The predicted octanol–water partition coefficient (Wildman–Crippen LogP) is 4.56. The zero-order chi connectivity index (χ0) is 12.9. The second-order valence-corrected chi connectivity index (χ2v) is 4.08. The first-order valence-corrected chi connectivity index (χ1v) is 5.79. The Kier molecular flexibility index (Phi) is 4.85. The number of alkyl halides is 3. The fraction of sp³-hybridized carbons (Fsp3) is 0.538. The first-order chi connectivity index (χ1) is 7.94. The molecule has 0 saturated carbocycles. The van der Waals surface area contributed by atoms with Gasteiger partial charge in [-0.3, -0.25) is 0 Å². The van der Waals surface area contributed by atoms with Gasteiger partial charge >= 0.3 is 6.36 Å². The smallest absolute Gasteiger partial charge is 0.406 e. The van der Waals surface area contributed by atoms with Crippen LogP contribution in [0.2, 0.25) is 0 Å². The monoisotopic (exact) mass is 246 g/mol. The van der Waals surface area contributed by atoms with Gasteiger partial charge in [0.1, 0.15) is 5.75 Å². The molecule has 0 spiro atoms. The van der Waals surface area contributed by atoms with Crippen LogP contribution in [0.5, 0.6) is 5.75 Å². The van der Waals surface area contributed by atoms with Crippen molar-refractivity contribution in [3.8, 4) is 5.75 Å². The Labute approximate surface area is 99.6 Å². The van der Waals surface area contributed by atoms with Gasteiger partial charge in [0.25, 0.3) is 0 Å². The van der Waals surface area contributed by atoms with E-state index in [0.717, 1.165) is 24.8 Å². The zero-order valence-electron chi connectivity index (χ0n) is 10.1. The molecule has 0 amide bonds. The largest absolute Gasteiger partial charge is 0.573 e. The zero-order valence-corrected chi connectivity index (χ0v) is 10.1. The van der Waals surface area contributed by atoms with Crippen LogP contribution in [-0.2, 0) is 6.42 Å². The van der Waals surface area contributed by atoms with E-state index in [1.807, 2.05) is 6.07 Å². The normalized spacial score (nSPS) is 11.9. The van der Waals surface area contributed by atoms with Crippen LogP contribution in [0.15, 0.2) is 24.3 Å². The summed E-state index contributed by atoms with van der Waals surface area (Å²) in [6.45, 7) is 4.18. The summed E-state index contributed by atoms with van der Waals surface area (Å²) in [7, 11) is 0. The molecular formula is C13H17F3O. The van der Waals surface area contributed by atoms with Gasteiger partial charge < -0.3 is 4.74 Å². The summed E-state index contributed by atoms with van der Waals surface area (Å²) >= 11 is 0. The van der Waals surface area contributed by atoms with E-state index in [1.54, 1.807) is 6.07 Å². The van der Waals surface area contributed by atoms with Crippen molar-refractivity contribution in [3.63, 3.8) is 0 Å². The molecule has 0 fully saturated rings. The van der Waals surface area contributed by atoms with E-state index in [0.29, 0.717) is 5.92 Å². The SMILES string of the molecule is CCC(CC)Cc1cccc(OC(F)(F)F)c1. The van der Waals surface area contributed by atoms with Crippen molar-refractivity contribution in [2.24, 2.45) is 5.92 Å². The molecule has 96 valence electrons. The molecule has 0 radical (unpaired) electrons. The van der Waals surface area contributed by atoms with Crippen LogP contribution in [0.3, 0.4) is 0 Å². The summed E-state index contributed by atoms with van der Waals surface area (Å²) in [5, 5.41) is 0. The van der Waals surface area contributed by atoms with Gasteiger partial charge in [-0.2, -0.15) is 0 Å². The third-order valence-electron chi connectivity index (χ3n) is 2.81. The van der Waals surface area contributed by atoms with Gasteiger partial charge in [-0.1, -0.05) is 38.8 Å². The van der Waals surface area contributed by atoms with Crippen molar-refractivity contribution >= 4 is 0 Å². The van der Waals surface area contributed by atoms with Crippen LogP contribution < -0.4 is 4.74 Å². The maximum Gasteiger partial charge on any atom is 0.573 e. The molecule has 0 aliphatic rings. The summed E-state index contributed by atoms with van der Waals surface area (Å²) < 4.78 is 40.0. The van der Waals surface area contributed by atoms with Gasteiger partial charge in [0, 0.05) is 0 Å². The van der Waals surface area contributed by atoms with Crippen LogP contribution in [0, 0.1) is 5.92 Å². The van der Waals surface area contributed by atoms with E-state index >= 15 is 0 Å². The van der Waals surface area contributed by atoms with Crippen LogP contribution >= 0.6 is 0 Å². The lowest BCUT2D eigenvalue weighted by Crippen LogP contribution is -2.17. The molecule has 1 aromatic carbocycles. The first kappa shape index (κ1) is 13.9. The lowest BCUT2D eigenvalue weighted by atomic mass is 9.95.